The highest BCUT2D eigenvalue weighted by atomic mass is 16.9. The van der Waals surface area contributed by atoms with Crippen molar-refractivity contribution in [1.82, 2.24) is 0 Å². The lowest BCUT2D eigenvalue weighted by Gasteiger charge is -2.40. The molecule has 5 N–H and O–H groups in total. The lowest BCUT2D eigenvalue weighted by atomic mass is 10.9. The summed E-state index contributed by atoms with van der Waals surface area (Å²) in [6, 6.07) is 0. The Hall–Kier alpha value is -0.240. The van der Waals surface area contributed by atoms with Crippen LogP contribution in [0.3, 0.4) is 0 Å². The van der Waals surface area contributed by atoms with E-state index in [1.54, 1.807) is 0 Å². The molecule has 0 aromatic heterocycles. The molecule has 1 saturated heterocycles. The van der Waals surface area contributed by atoms with Gasteiger partial charge in [-0.15, -0.1) is 0 Å². The van der Waals surface area contributed by atoms with Gasteiger partial charge >= 0.3 is 0 Å². The second-order valence-corrected chi connectivity index (χ2v) is 2.82. The van der Waals surface area contributed by atoms with Crippen LogP contribution < -0.4 is 0 Å². The van der Waals surface area contributed by atoms with Gasteiger partial charge in [-0.1, -0.05) is 0 Å². The van der Waals surface area contributed by atoms with E-state index in [-0.39, 0.29) is 6.61 Å². The first-order valence-electron chi connectivity index (χ1n) is 3.52. The average molecular weight is 186 g/mol. The SMILES string of the molecule is O[13CH2][13C]1(O)O[13CH2][13C@@H](O)[13C@@H](O)[13C@@H]1O. The highest BCUT2D eigenvalue weighted by molar-refractivity contribution is 4.90. The minimum Gasteiger partial charge on any atom is -0.391 e. The number of aliphatic hydroxyl groups is 5. The van der Waals surface area contributed by atoms with Crippen LogP contribution in [0.2, 0.25) is 0 Å². The first kappa shape index (κ1) is 9.85. The highest BCUT2D eigenvalue weighted by Crippen LogP contribution is 2.22. The minimum absolute atomic E-state index is 0.324. The normalized spacial score (nSPS) is 49.2. The number of aliphatic hydroxyl groups excluding tert-OH is 4. The van der Waals surface area contributed by atoms with E-state index in [9.17, 15) is 5.11 Å². The minimum atomic E-state index is -2.17. The summed E-state index contributed by atoms with van der Waals surface area (Å²) < 4.78 is 4.56. The van der Waals surface area contributed by atoms with Gasteiger partial charge in [0.25, 0.3) is 0 Å². The van der Waals surface area contributed by atoms with Crippen molar-refractivity contribution in [2.24, 2.45) is 0 Å². The van der Waals surface area contributed by atoms with Crippen LogP contribution in [-0.2, 0) is 4.74 Å². The standard InChI is InChI=1S/C6H12O6/c7-2-6(11)5(10)4(9)3(8)1-12-6/h3-5,7-11H,1-2H2/t3-,4-,5+,6?/m1/s1/i1+1,2+1,3+1,4+1,5+1,6+1. The maximum absolute atomic E-state index is 9.24. The van der Waals surface area contributed by atoms with Gasteiger partial charge in [0.05, 0.1) is 13.2 Å². The molecule has 0 aromatic rings. The maximum Gasteiger partial charge on any atom is 0.218 e. The third-order valence-corrected chi connectivity index (χ3v) is 1.91. The molecule has 1 unspecified atom stereocenters. The van der Waals surface area contributed by atoms with Crippen LogP contribution >= 0.6 is 0 Å². The van der Waals surface area contributed by atoms with E-state index >= 15 is 0 Å². The molecule has 0 amide bonds. The van der Waals surface area contributed by atoms with Crippen molar-refractivity contribution in [1.29, 1.82) is 0 Å². The zero-order chi connectivity index (χ0) is 9.35. The Kier molecular flexibility index (Phi) is 2.67. The molecular weight excluding hydrogens is 174 g/mol. The van der Waals surface area contributed by atoms with Gasteiger partial charge in [-0.2, -0.15) is 0 Å². The Morgan fingerprint density at radius 1 is 1.33 bits per heavy atom. The third kappa shape index (κ3) is 1.45. The summed E-state index contributed by atoms with van der Waals surface area (Å²) in [5.74, 6) is -2.17. The fraction of sp³-hybridized carbons (Fsp3) is 1.00. The summed E-state index contributed by atoms with van der Waals surface area (Å²) in [5, 5.41) is 45.0. The molecular formula is C6H12O6. The van der Waals surface area contributed by atoms with Gasteiger partial charge in [0.15, 0.2) is 0 Å². The van der Waals surface area contributed by atoms with Crippen molar-refractivity contribution >= 4 is 0 Å². The molecule has 1 aliphatic rings. The van der Waals surface area contributed by atoms with Crippen LogP contribution in [0.5, 0.6) is 0 Å². The Bertz CT molecular complexity index is 162. The Labute approximate surface area is 68.6 Å². The predicted molar refractivity (Wildman–Crippen MR) is 36.0 cm³/mol. The molecule has 12 heavy (non-hydrogen) atoms. The van der Waals surface area contributed by atoms with E-state index in [0.717, 1.165) is 0 Å². The molecule has 1 aliphatic heterocycles. The molecule has 72 valence electrons. The molecule has 1 heterocycles. The summed E-state index contributed by atoms with van der Waals surface area (Å²) in [6.45, 7) is -1.16. The van der Waals surface area contributed by atoms with Crippen LogP contribution in [0, 0.1) is 0 Å². The van der Waals surface area contributed by atoms with Gasteiger partial charge in [0, 0.05) is 0 Å². The highest BCUT2D eigenvalue weighted by Gasteiger charge is 2.47. The van der Waals surface area contributed by atoms with Gasteiger partial charge in [-0.05, 0) is 0 Å². The van der Waals surface area contributed by atoms with Crippen molar-refractivity contribution in [3.05, 3.63) is 0 Å². The number of ether oxygens (including phenoxy) is 1. The molecule has 6 nitrogen and oxygen atoms in total. The predicted octanol–water partition coefficient (Wildman–Crippen LogP) is -3.22. The Morgan fingerprint density at radius 3 is 2.42 bits per heavy atom. The first-order valence-corrected chi connectivity index (χ1v) is 3.52. The third-order valence-electron chi connectivity index (χ3n) is 1.91. The zero-order valence-corrected chi connectivity index (χ0v) is 6.29. The average Bonchev–Trinajstić information content (AvgIpc) is 2.09. The molecule has 0 bridgehead atoms. The van der Waals surface area contributed by atoms with E-state index in [1.165, 1.54) is 0 Å². The fourth-order valence-electron chi connectivity index (χ4n) is 1.03. The van der Waals surface area contributed by atoms with E-state index in [2.05, 4.69) is 4.74 Å². The molecule has 0 radical (unpaired) electrons. The van der Waals surface area contributed by atoms with Crippen LogP contribution in [0.4, 0.5) is 0 Å². The van der Waals surface area contributed by atoms with Crippen LogP contribution in [0.15, 0.2) is 0 Å². The molecule has 0 saturated carbocycles. The van der Waals surface area contributed by atoms with E-state index in [0.29, 0.717) is 0 Å². The zero-order valence-electron chi connectivity index (χ0n) is 6.29. The van der Waals surface area contributed by atoms with E-state index in [1.807, 2.05) is 0 Å². The molecule has 0 aliphatic carbocycles. The van der Waals surface area contributed by atoms with Crippen LogP contribution in [0.1, 0.15) is 0 Å². The summed E-state index contributed by atoms with van der Waals surface area (Å²) in [5.41, 5.74) is 0. The summed E-state index contributed by atoms with van der Waals surface area (Å²) in [4.78, 5) is 0. The largest absolute Gasteiger partial charge is 0.391 e. The van der Waals surface area contributed by atoms with Gasteiger partial charge in [-0.3, -0.25) is 0 Å². The van der Waals surface area contributed by atoms with Gasteiger partial charge < -0.3 is 30.3 Å². The molecule has 0 spiro atoms. The summed E-state index contributed by atoms with van der Waals surface area (Å²) in [7, 11) is 0. The summed E-state index contributed by atoms with van der Waals surface area (Å²) in [6.07, 6.45) is -4.45. The maximum atomic E-state index is 9.24. The Balaban J connectivity index is 2.71. The molecule has 1 fully saturated rings. The molecule has 0 aromatic carbocycles. The fourth-order valence-corrected chi connectivity index (χ4v) is 1.03. The lowest BCUT2D eigenvalue weighted by molar-refractivity contribution is -0.331. The number of rotatable bonds is 1. The summed E-state index contributed by atoms with van der Waals surface area (Å²) >= 11 is 0. The molecule has 1 rings (SSSR count). The van der Waals surface area contributed by atoms with Crippen molar-refractivity contribution in [3.8, 4) is 0 Å². The topological polar surface area (TPSA) is 110 Å². The quantitative estimate of drug-likeness (QED) is 0.275. The number of hydrogen-bond acceptors (Lipinski definition) is 6. The van der Waals surface area contributed by atoms with E-state index < -0.39 is 30.7 Å². The van der Waals surface area contributed by atoms with Crippen LogP contribution in [0.25, 0.3) is 0 Å². The lowest BCUT2D eigenvalue weighted by Crippen LogP contribution is -2.62. The monoisotopic (exact) mass is 186 g/mol. The van der Waals surface area contributed by atoms with Crippen molar-refractivity contribution < 1.29 is 30.3 Å². The first-order chi connectivity index (χ1) is 5.51. The second-order valence-electron chi connectivity index (χ2n) is 2.82. The number of hydrogen-bond donors (Lipinski definition) is 5. The van der Waals surface area contributed by atoms with Crippen LogP contribution in [-0.4, -0.2) is 62.8 Å². The molecule has 4 atom stereocenters. The van der Waals surface area contributed by atoms with Crippen molar-refractivity contribution in [2.75, 3.05) is 13.2 Å². The van der Waals surface area contributed by atoms with Gasteiger partial charge in [0.1, 0.15) is 18.3 Å². The second kappa shape index (κ2) is 3.25. The smallest absolute Gasteiger partial charge is 0.218 e. The van der Waals surface area contributed by atoms with E-state index in [4.69, 9.17) is 20.4 Å². The van der Waals surface area contributed by atoms with Gasteiger partial charge in [0.2, 0.25) is 5.79 Å². The van der Waals surface area contributed by atoms with Crippen molar-refractivity contribution in [2.45, 2.75) is 24.1 Å². The Morgan fingerprint density at radius 2 is 1.92 bits per heavy atom. The van der Waals surface area contributed by atoms with Crippen molar-refractivity contribution in [3.63, 3.8) is 0 Å². The van der Waals surface area contributed by atoms with Gasteiger partial charge in [-0.25, -0.2) is 0 Å². The molecule has 6 heteroatoms.